The summed E-state index contributed by atoms with van der Waals surface area (Å²) >= 11 is 15.6. The maximum Gasteiger partial charge on any atom is 0.145 e. The molecule has 0 fully saturated rings. The van der Waals surface area contributed by atoms with Crippen LogP contribution in [-0.2, 0) is 0 Å². The summed E-state index contributed by atoms with van der Waals surface area (Å²) < 4.78 is 19.9. The van der Waals surface area contributed by atoms with Gasteiger partial charge in [-0.05, 0) is 40.4 Å². The fraction of sp³-hybridized carbons (Fsp3) is 0.0714. The summed E-state index contributed by atoms with van der Waals surface area (Å²) in [6.07, 6.45) is 1.92. The summed E-state index contributed by atoms with van der Waals surface area (Å²) in [5, 5.41) is 0.0154. The zero-order valence-electron chi connectivity index (χ0n) is 10.8. The molecule has 0 unspecified atom stereocenters. The number of halogens is 3. The minimum absolute atomic E-state index is 0.0154. The van der Waals surface area contributed by atoms with E-state index in [1.807, 2.05) is 18.4 Å². The zero-order valence-corrected chi connectivity index (χ0v) is 14.8. The Hall–Kier alpha value is -0.820. The van der Waals surface area contributed by atoms with Gasteiger partial charge in [-0.3, -0.25) is 0 Å². The maximum atomic E-state index is 13.6. The third-order valence-corrected chi connectivity index (χ3v) is 4.54. The van der Waals surface area contributed by atoms with Crippen LogP contribution < -0.4 is 10.5 Å². The molecule has 0 aromatic heterocycles. The van der Waals surface area contributed by atoms with Gasteiger partial charge in [0.05, 0.1) is 15.1 Å². The highest BCUT2D eigenvalue weighted by atomic mass is 79.9. The second-order valence-corrected chi connectivity index (χ2v) is 6.55. The molecule has 0 aliphatic heterocycles. The van der Waals surface area contributed by atoms with Crippen molar-refractivity contribution >= 4 is 56.5 Å². The topological polar surface area (TPSA) is 35.2 Å². The van der Waals surface area contributed by atoms with Crippen LogP contribution in [0.4, 0.5) is 4.39 Å². The van der Waals surface area contributed by atoms with Crippen molar-refractivity contribution in [1.82, 2.24) is 0 Å². The first-order valence-electron chi connectivity index (χ1n) is 5.73. The third-order valence-electron chi connectivity index (χ3n) is 2.65. The second-order valence-electron chi connectivity index (χ2n) is 4.00. The largest absolute Gasteiger partial charge is 0.455 e. The van der Waals surface area contributed by atoms with Gasteiger partial charge in [-0.15, -0.1) is 11.8 Å². The van der Waals surface area contributed by atoms with Gasteiger partial charge in [-0.2, -0.15) is 0 Å². The Morgan fingerprint density at radius 3 is 2.71 bits per heavy atom. The predicted octanol–water partition coefficient (Wildman–Crippen LogP) is 5.39. The molecule has 110 valence electrons. The SMILES string of the molecule is CSc1cccc(Oc2cc(F)c(Cl)cc2Br)c1C(N)=S. The average Bonchev–Trinajstić information content (AvgIpc) is 2.44. The lowest BCUT2D eigenvalue weighted by molar-refractivity contribution is 0.471. The lowest BCUT2D eigenvalue weighted by Crippen LogP contribution is -2.12. The van der Waals surface area contributed by atoms with E-state index in [4.69, 9.17) is 34.3 Å². The molecule has 0 saturated heterocycles. The van der Waals surface area contributed by atoms with E-state index in [-0.39, 0.29) is 10.0 Å². The Kier molecular flexibility index (Phi) is 5.48. The van der Waals surface area contributed by atoms with Crippen LogP contribution in [-0.4, -0.2) is 11.2 Å². The molecular formula is C14H10BrClFNOS2. The molecule has 2 nitrogen and oxygen atoms in total. The van der Waals surface area contributed by atoms with Crippen LogP contribution in [0, 0.1) is 5.82 Å². The number of thiocarbonyl (C=S) groups is 1. The van der Waals surface area contributed by atoms with Crippen LogP contribution in [0.3, 0.4) is 0 Å². The number of hydrogen-bond acceptors (Lipinski definition) is 3. The number of thioether (sulfide) groups is 1. The average molecular weight is 407 g/mol. The van der Waals surface area contributed by atoms with Crippen LogP contribution in [0.15, 0.2) is 39.7 Å². The molecule has 0 radical (unpaired) electrons. The Bertz CT molecular complexity index is 712. The van der Waals surface area contributed by atoms with E-state index >= 15 is 0 Å². The normalized spacial score (nSPS) is 10.5. The quantitative estimate of drug-likeness (QED) is 0.419. The number of rotatable bonds is 4. The van der Waals surface area contributed by atoms with Gasteiger partial charge in [0, 0.05) is 11.0 Å². The molecule has 7 heteroatoms. The summed E-state index contributed by atoms with van der Waals surface area (Å²) in [7, 11) is 0. The third kappa shape index (κ3) is 3.69. The Morgan fingerprint density at radius 1 is 1.38 bits per heavy atom. The van der Waals surface area contributed by atoms with Crippen LogP contribution in [0.25, 0.3) is 0 Å². The van der Waals surface area contributed by atoms with E-state index in [2.05, 4.69) is 15.9 Å². The van der Waals surface area contributed by atoms with Crippen molar-refractivity contribution in [2.24, 2.45) is 5.73 Å². The Morgan fingerprint density at radius 2 is 2.10 bits per heavy atom. The van der Waals surface area contributed by atoms with Gasteiger partial charge >= 0.3 is 0 Å². The standard InChI is InChI=1S/C14H10BrClFNOS2/c1-21-12-4-2-3-10(13(12)14(18)20)19-11-6-9(17)8(16)5-7(11)15/h2-6H,1H3,(H2,18,20). The number of ether oxygens (including phenoxy) is 1. The fourth-order valence-corrected chi connectivity index (χ4v) is 3.33. The molecule has 0 amide bonds. The lowest BCUT2D eigenvalue weighted by Gasteiger charge is -2.14. The van der Waals surface area contributed by atoms with E-state index in [9.17, 15) is 4.39 Å². The van der Waals surface area contributed by atoms with Gasteiger partial charge in [-0.1, -0.05) is 29.9 Å². The van der Waals surface area contributed by atoms with Crippen molar-refractivity contribution in [2.45, 2.75) is 4.90 Å². The molecule has 2 aromatic rings. The summed E-state index contributed by atoms with van der Waals surface area (Å²) in [5.74, 6) is 0.206. The Labute approximate surface area is 144 Å². The van der Waals surface area contributed by atoms with Crippen molar-refractivity contribution in [2.75, 3.05) is 6.26 Å². The van der Waals surface area contributed by atoms with Gasteiger partial charge in [0.15, 0.2) is 0 Å². The molecule has 2 rings (SSSR count). The smallest absolute Gasteiger partial charge is 0.145 e. The first-order valence-corrected chi connectivity index (χ1v) is 8.53. The first-order chi connectivity index (χ1) is 9.93. The number of hydrogen-bond donors (Lipinski definition) is 1. The molecule has 0 aliphatic carbocycles. The molecule has 0 aliphatic rings. The first kappa shape index (κ1) is 16.5. The van der Waals surface area contributed by atoms with Crippen molar-refractivity contribution in [1.29, 1.82) is 0 Å². The van der Waals surface area contributed by atoms with Gasteiger partial charge in [0.2, 0.25) is 0 Å². The highest BCUT2D eigenvalue weighted by molar-refractivity contribution is 9.10. The molecule has 0 heterocycles. The molecular weight excluding hydrogens is 397 g/mol. The van der Waals surface area contributed by atoms with E-state index < -0.39 is 5.82 Å². The van der Waals surface area contributed by atoms with Crippen molar-refractivity contribution in [3.05, 3.63) is 51.2 Å². The number of nitrogens with two attached hydrogens (primary N) is 1. The molecule has 0 bridgehead atoms. The molecule has 0 spiro atoms. The summed E-state index contributed by atoms with van der Waals surface area (Å²) in [6, 6.07) is 8.09. The summed E-state index contributed by atoms with van der Waals surface area (Å²) in [5.41, 5.74) is 6.39. The van der Waals surface area contributed by atoms with Gasteiger partial charge in [-0.25, -0.2) is 4.39 Å². The van der Waals surface area contributed by atoms with Crippen molar-refractivity contribution < 1.29 is 9.13 Å². The monoisotopic (exact) mass is 405 g/mol. The summed E-state index contributed by atoms with van der Waals surface area (Å²) in [4.78, 5) is 1.12. The van der Waals surface area contributed by atoms with E-state index in [0.29, 0.717) is 21.5 Å². The highest BCUT2D eigenvalue weighted by Gasteiger charge is 2.15. The lowest BCUT2D eigenvalue weighted by atomic mass is 10.2. The van der Waals surface area contributed by atoms with Crippen LogP contribution >= 0.6 is 51.5 Å². The molecule has 2 N–H and O–H groups in total. The minimum Gasteiger partial charge on any atom is -0.455 e. The van der Waals surface area contributed by atoms with Crippen molar-refractivity contribution in [3.8, 4) is 11.5 Å². The van der Waals surface area contributed by atoms with Gasteiger partial charge < -0.3 is 10.5 Å². The van der Waals surface area contributed by atoms with E-state index in [1.165, 1.54) is 23.9 Å². The summed E-state index contributed by atoms with van der Waals surface area (Å²) in [6.45, 7) is 0. The van der Waals surface area contributed by atoms with Crippen LogP contribution in [0.2, 0.25) is 5.02 Å². The molecule has 0 atom stereocenters. The van der Waals surface area contributed by atoms with E-state index in [1.54, 1.807) is 6.07 Å². The van der Waals surface area contributed by atoms with Crippen LogP contribution in [0.5, 0.6) is 11.5 Å². The van der Waals surface area contributed by atoms with Crippen LogP contribution in [0.1, 0.15) is 5.56 Å². The molecule has 2 aromatic carbocycles. The highest BCUT2D eigenvalue weighted by Crippen LogP contribution is 2.37. The van der Waals surface area contributed by atoms with Crippen molar-refractivity contribution in [3.63, 3.8) is 0 Å². The fourth-order valence-electron chi connectivity index (χ4n) is 1.71. The second kappa shape index (κ2) is 6.96. The zero-order chi connectivity index (χ0) is 15.6. The van der Waals surface area contributed by atoms with E-state index in [0.717, 1.165) is 4.90 Å². The Balaban J connectivity index is 2.49. The van der Waals surface area contributed by atoms with Gasteiger partial charge in [0.25, 0.3) is 0 Å². The molecule has 0 saturated carbocycles. The number of benzene rings is 2. The predicted molar refractivity (Wildman–Crippen MR) is 93.3 cm³/mol. The van der Waals surface area contributed by atoms with Gasteiger partial charge in [0.1, 0.15) is 22.3 Å². The minimum atomic E-state index is -0.562. The molecule has 21 heavy (non-hydrogen) atoms. The maximum absolute atomic E-state index is 13.6.